The number of rotatable bonds is 2. The Morgan fingerprint density at radius 3 is 2.05 bits per heavy atom. The normalized spacial score (nSPS) is 13.5. The summed E-state index contributed by atoms with van der Waals surface area (Å²) in [6.07, 6.45) is 0.619. The molecule has 0 unspecified atom stereocenters. The second-order valence-corrected chi connectivity index (χ2v) is 6.20. The second-order valence-electron chi connectivity index (χ2n) is 4.43. The summed E-state index contributed by atoms with van der Waals surface area (Å²) in [6.45, 7) is 0. The first-order valence-electron chi connectivity index (χ1n) is 5.96. The third-order valence-electron chi connectivity index (χ3n) is 3.20. The Morgan fingerprint density at radius 2 is 1.52 bits per heavy atom. The average Bonchev–Trinajstić information content (AvgIpc) is 2.71. The zero-order valence-corrected chi connectivity index (χ0v) is 13.6. The van der Waals surface area contributed by atoms with Crippen LogP contribution in [0.25, 0.3) is 0 Å². The Morgan fingerprint density at radius 1 is 0.952 bits per heavy atom. The maximum Gasteiger partial charge on any atom is 0.266 e. The van der Waals surface area contributed by atoms with Crippen LogP contribution in [0.4, 0.5) is 5.69 Å². The van der Waals surface area contributed by atoms with Gasteiger partial charge in [-0.15, -0.1) is 0 Å². The average molecular weight is 409 g/mol. The quantitative estimate of drug-likeness (QED) is 0.560. The fraction of sp³-hybridized carbons (Fsp3) is 0. The summed E-state index contributed by atoms with van der Waals surface area (Å²) in [7, 11) is 0. The van der Waals surface area contributed by atoms with E-state index in [4.69, 9.17) is 0 Å². The molecule has 2 amide bonds. The number of carbonyl (C=O) groups is 3. The molecule has 0 radical (unpaired) electrons. The van der Waals surface area contributed by atoms with Gasteiger partial charge in [-0.1, -0.05) is 28.1 Å². The largest absolute Gasteiger partial charge is 0.298 e. The Bertz CT molecular complexity index is 767. The van der Waals surface area contributed by atoms with Gasteiger partial charge in [0, 0.05) is 14.5 Å². The first-order chi connectivity index (χ1) is 10.0. The van der Waals surface area contributed by atoms with Crippen LogP contribution in [0.15, 0.2) is 45.3 Å². The molecule has 0 saturated heterocycles. The van der Waals surface area contributed by atoms with Crippen LogP contribution in [0.3, 0.4) is 0 Å². The van der Waals surface area contributed by atoms with Crippen molar-refractivity contribution in [2.75, 3.05) is 4.90 Å². The summed E-state index contributed by atoms with van der Waals surface area (Å²) >= 11 is 6.59. The molecule has 0 fully saturated rings. The van der Waals surface area contributed by atoms with Crippen LogP contribution in [0, 0.1) is 0 Å². The molecule has 2 aromatic rings. The van der Waals surface area contributed by atoms with E-state index >= 15 is 0 Å². The van der Waals surface area contributed by atoms with Gasteiger partial charge >= 0.3 is 0 Å². The number of hydrogen-bond donors (Lipinski definition) is 0. The van der Waals surface area contributed by atoms with Crippen molar-refractivity contribution in [1.29, 1.82) is 0 Å². The molecule has 4 nitrogen and oxygen atoms in total. The van der Waals surface area contributed by atoms with Crippen molar-refractivity contribution in [3.05, 3.63) is 62.0 Å². The van der Waals surface area contributed by atoms with Crippen LogP contribution < -0.4 is 4.90 Å². The maximum atomic E-state index is 12.5. The third-order valence-corrected chi connectivity index (χ3v) is 4.26. The van der Waals surface area contributed by atoms with E-state index in [0.29, 0.717) is 26.4 Å². The molecule has 0 saturated carbocycles. The van der Waals surface area contributed by atoms with Crippen molar-refractivity contribution >= 4 is 55.6 Å². The second kappa shape index (κ2) is 5.20. The lowest BCUT2D eigenvalue weighted by molar-refractivity contribution is 0.0926. The zero-order valence-electron chi connectivity index (χ0n) is 10.5. The highest BCUT2D eigenvalue weighted by molar-refractivity contribution is 9.11. The smallest absolute Gasteiger partial charge is 0.266 e. The van der Waals surface area contributed by atoms with E-state index in [1.54, 1.807) is 36.4 Å². The van der Waals surface area contributed by atoms with Crippen molar-refractivity contribution in [2.45, 2.75) is 0 Å². The van der Waals surface area contributed by atoms with Crippen LogP contribution in [0.5, 0.6) is 0 Å². The van der Waals surface area contributed by atoms with Crippen LogP contribution in [-0.2, 0) is 0 Å². The highest BCUT2D eigenvalue weighted by atomic mass is 79.9. The fourth-order valence-electron chi connectivity index (χ4n) is 2.30. The number of fused-ring (bicyclic) bond motifs is 1. The highest BCUT2D eigenvalue weighted by Gasteiger charge is 2.38. The van der Waals surface area contributed by atoms with Crippen LogP contribution in [-0.4, -0.2) is 18.1 Å². The van der Waals surface area contributed by atoms with Gasteiger partial charge in [-0.3, -0.25) is 14.4 Å². The van der Waals surface area contributed by atoms with Gasteiger partial charge < -0.3 is 0 Å². The molecule has 6 heteroatoms. The lowest BCUT2D eigenvalue weighted by Gasteiger charge is -2.18. The fourth-order valence-corrected chi connectivity index (χ4v) is 3.74. The maximum absolute atomic E-state index is 12.5. The van der Waals surface area contributed by atoms with Crippen LogP contribution >= 0.6 is 31.9 Å². The number of halogens is 2. The zero-order chi connectivity index (χ0) is 15.1. The molecule has 0 aromatic heterocycles. The SMILES string of the molecule is O=Cc1cc(Br)cc(Br)c1N1C(=O)c2ccccc2C1=O. The Balaban J connectivity index is 2.22. The van der Waals surface area contributed by atoms with E-state index in [2.05, 4.69) is 31.9 Å². The molecule has 0 aliphatic carbocycles. The lowest BCUT2D eigenvalue weighted by atomic mass is 10.1. The van der Waals surface area contributed by atoms with Gasteiger partial charge in [0.05, 0.1) is 16.8 Å². The number of nitrogens with zero attached hydrogens (tertiary/aromatic N) is 1. The molecule has 1 heterocycles. The van der Waals surface area contributed by atoms with Gasteiger partial charge in [-0.2, -0.15) is 0 Å². The molecule has 0 N–H and O–H groups in total. The van der Waals surface area contributed by atoms with Crippen molar-refractivity contribution < 1.29 is 14.4 Å². The van der Waals surface area contributed by atoms with Crippen LogP contribution in [0.2, 0.25) is 0 Å². The van der Waals surface area contributed by atoms with Crippen molar-refractivity contribution in [3.8, 4) is 0 Å². The summed E-state index contributed by atoms with van der Waals surface area (Å²) in [5.74, 6) is -0.858. The van der Waals surface area contributed by atoms with Gasteiger partial charge in [0.25, 0.3) is 11.8 Å². The Hall–Kier alpha value is -1.79. The number of anilines is 1. The molecule has 1 aliphatic heterocycles. The molecular formula is C15H7Br2NO3. The number of benzene rings is 2. The standard InChI is InChI=1S/C15H7Br2NO3/c16-9-5-8(7-19)13(12(17)6-9)18-14(20)10-3-1-2-4-11(10)15(18)21/h1-7H. The number of carbonyl (C=O) groups excluding carboxylic acids is 3. The van der Waals surface area contributed by atoms with E-state index < -0.39 is 11.8 Å². The molecule has 3 rings (SSSR count). The topological polar surface area (TPSA) is 54.5 Å². The molecule has 104 valence electrons. The molecule has 21 heavy (non-hydrogen) atoms. The minimum absolute atomic E-state index is 0.255. The van der Waals surface area contributed by atoms with Gasteiger partial charge in [-0.05, 0) is 40.2 Å². The summed E-state index contributed by atoms with van der Waals surface area (Å²) in [4.78, 5) is 37.3. The van der Waals surface area contributed by atoms with E-state index in [9.17, 15) is 14.4 Å². The van der Waals surface area contributed by atoms with Crippen LogP contribution in [0.1, 0.15) is 31.1 Å². The van der Waals surface area contributed by atoms with Crippen molar-refractivity contribution in [3.63, 3.8) is 0 Å². The Labute approximate surface area is 137 Å². The summed E-state index contributed by atoms with van der Waals surface area (Å²) in [6, 6.07) is 9.85. The number of hydrogen-bond acceptors (Lipinski definition) is 3. The van der Waals surface area contributed by atoms with Crippen molar-refractivity contribution in [1.82, 2.24) is 0 Å². The third kappa shape index (κ3) is 2.15. The lowest BCUT2D eigenvalue weighted by Crippen LogP contribution is -2.30. The highest BCUT2D eigenvalue weighted by Crippen LogP contribution is 2.37. The summed E-state index contributed by atoms with van der Waals surface area (Å²) in [5.41, 5.74) is 1.20. The molecule has 1 aliphatic rings. The van der Waals surface area contributed by atoms with E-state index in [1.807, 2.05) is 0 Å². The number of aldehydes is 1. The Kier molecular flexibility index (Phi) is 3.51. The van der Waals surface area contributed by atoms with E-state index in [-0.39, 0.29) is 11.3 Å². The van der Waals surface area contributed by atoms with E-state index in [1.165, 1.54) is 0 Å². The minimum atomic E-state index is -0.429. The molecule has 0 spiro atoms. The molecule has 0 atom stereocenters. The van der Waals surface area contributed by atoms with E-state index in [0.717, 1.165) is 4.90 Å². The summed E-state index contributed by atoms with van der Waals surface area (Å²) < 4.78 is 1.17. The predicted molar refractivity (Wildman–Crippen MR) is 84.8 cm³/mol. The van der Waals surface area contributed by atoms with Gasteiger partial charge in [-0.25, -0.2) is 4.90 Å². The predicted octanol–water partition coefficient (Wildman–Crippen LogP) is 3.82. The van der Waals surface area contributed by atoms with Gasteiger partial charge in [0.15, 0.2) is 6.29 Å². The van der Waals surface area contributed by atoms with Gasteiger partial charge in [0.1, 0.15) is 0 Å². The molecule has 0 bridgehead atoms. The summed E-state index contributed by atoms with van der Waals surface area (Å²) in [5, 5.41) is 0. The number of imide groups is 1. The minimum Gasteiger partial charge on any atom is -0.298 e. The van der Waals surface area contributed by atoms with Crippen molar-refractivity contribution in [2.24, 2.45) is 0 Å². The monoisotopic (exact) mass is 407 g/mol. The molecular weight excluding hydrogens is 402 g/mol. The van der Waals surface area contributed by atoms with Gasteiger partial charge in [0.2, 0.25) is 0 Å². The first-order valence-corrected chi connectivity index (χ1v) is 7.55. The first kappa shape index (κ1) is 14.2. The number of amides is 2. The molecule has 2 aromatic carbocycles.